The lowest BCUT2D eigenvalue weighted by Gasteiger charge is -2.29. The Morgan fingerprint density at radius 2 is 2.35 bits per heavy atom. The van der Waals surface area contributed by atoms with E-state index < -0.39 is 0 Å². The summed E-state index contributed by atoms with van der Waals surface area (Å²) in [5.74, 6) is 2.22. The summed E-state index contributed by atoms with van der Waals surface area (Å²) in [6.45, 7) is 8.10. The average Bonchev–Trinajstić information content (AvgIpc) is 2.64. The SMILES string of the molecule is CC(C)C(CN)CNc1ccnn1C1CNC1. The second-order valence-corrected chi connectivity index (χ2v) is 5.09. The zero-order valence-electron chi connectivity index (χ0n) is 10.7. The van der Waals surface area contributed by atoms with Crippen LogP contribution in [0, 0.1) is 11.8 Å². The average molecular weight is 237 g/mol. The third kappa shape index (κ3) is 2.79. The Kier molecular flexibility index (Phi) is 4.02. The van der Waals surface area contributed by atoms with Crippen LogP contribution in [0.5, 0.6) is 0 Å². The van der Waals surface area contributed by atoms with Crippen LogP contribution in [0.1, 0.15) is 19.9 Å². The molecule has 0 aliphatic carbocycles. The molecule has 5 heteroatoms. The van der Waals surface area contributed by atoms with Crippen LogP contribution < -0.4 is 16.4 Å². The number of nitrogens with zero attached hydrogens (tertiary/aromatic N) is 2. The molecular formula is C12H23N5. The molecule has 5 nitrogen and oxygen atoms in total. The van der Waals surface area contributed by atoms with Crippen molar-refractivity contribution in [1.82, 2.24) is 15.1 Å². The number of hydrogen-bond acceptors (Lipinski definition) is 4. The van der Waals surface area contributed by atoms with E-state index in [1.54, 1.807) is 0 Å². The normalized spacial score (nSPS) is 18.1. The minimum Gasteiger partial charge on any atom is -0.370 e. The fourth-order valence-electron chi connectivity index (χ4n) is 2.02. The van der Waals surface area contributed by atoms with Gasteiger partial charge in [0.05, 0.1) is 12.2 Å². The van der Waals surface area contributed by atoms with Gasteiger partial charge in [0.15, 0.2) is 0 Å². The first kappa shape index (κ1) is 12.4. The van der Waals surface area contributed by atoms with Crippen molar-refractivity contribution >= 4 is 5.82 Å². The van der Waals surface area contributed by atoms with Crippen molar-refractivity contribution in [2.24, 2.45) is 17.6 Å². The summed E-state index contributed by atoms with van der Waals surface area (Å²) in [4.78, 5) is 0. The van der Waals surface area contributed by atoms with Crippen molar-refractivity contribution in [3.8, 4) is 0 Å². The van der Waals surface area contributed by atoms with Gasteiger partial charge in [-0.15, -0.1) is 0 Å². The zero-order valence-corrected chi connectivity index (χ0v) is 10.7. The molecule has 0 aromatic carbocycles. The first-order valence-electron chi connectivity index (χ1n) is 6.40. The molecule has 0 spiro atoms. The van der Waals surface area contributed by atoms with Gasteiger partial charge in [0.1, 0.15) is 5.82 Å². The highest BCUT2D eigenvalue weighted by molar-refractivity contribution is 5.35. The summed E-state index contributed by atoms with van der Waals surface area (Å²) in [5, 5.41) is 11.1. The smallest absolute Gasteiger partial charge is 0.124 e. The maximum Gasteiger partial charge on any atom is 0.124 e. The Morgan fingerprint density at radius 1 is 1.59 bits per heavy atom. The highest BCUT2D eigenvalue weighted by atomic mass is 15.4. The van der Waals surface area contributed by atoms with Crippen LogP contribution in [0.2, 0.25) is 0 Å². The number of nitrogens with two attached hydrogens (primary N) is 1. The van der Waals surface area contributed by atoms with E-state index in [4.69, 9.17) is 5.73 Å². The molecule has 1 aliphatic rings. The van der Waals surface area contributed by atoms with E-state index in [2.05, 4.69) is 34.3 Å². The molecule has 1 saturated heterocycles. The molecule has 0 saturated carbocycles. The van der Waals surface area contributed by atoms with Crippen LogP contribution in [0.3, 0.4) is 0 Å². The molecule has 1 atom stereocenters. The molecule has 17 heavy (non-hydrogen) atoms. The first-order valence-corrected chi connectivity index (χ1v) is 6.40. The first-order chi connectivity index (χ1) is 8.22. The fraction of sp³-hybridized carbons (Fsp3) is 0.750. The Balaban J connectivity index is 1.92. The van der Waals surface area contributed by atoms with Gasteiger partial charge < -0.3 is 16.4 Å². The van der Waals surface area contributed by atoms with Crippen LogP contribution in [0.4, 0.5) is 5.82 Å². The maximum absolute atomic E-state index is 5.78. The predicted molar refractivity (Wildman–Crippen MR) is 70.0 cm³/mol. The molecular weight excluding hydrogens is 214 g/mol. The summed E-state index contributed by atoms with van der Waals surface area (Å²) in [7, 11) is 0. The van der Waals surface area contributed by atoms with E-state index in [0.29, 0.717) is 17.9 Å². The van der Waals surface area contributed by atoms with Gasteiger partial charge in [-0.25, -0.2) is 4.68 Å². The molecule has 1 fully saturated rings. The second-order valence-electron chi connectivity index (χ2n) is 5.09. The highest BCUT2D eigenvalue weighted by Crippen LogP contribution is 2.18. The maximum atomic E-state index is 5.78. The second kappa shape index (κ2) is 5.51. The molecule has 1 unspecified atom stereocenters. The third-order valence-corrected chi connectivity index (χ3v) is 3.57. The molecule has 1 aromatic heterocycles. The molecule has 0 amide bonds. The summed E-state index contributed by atoms with van der Waals surface area (Å²) >= 11 is 0. The monoisotopic (exact) mass is 237 g/mol. The Hall–Kier alpha value is -1.07. The third-order valence-electron chi connectivity index (χ3n) is 3.57. The van der Waals surface area contributed by atoms with E-state index in [1.807, 2.05) is 12.3 Å². The summed E-state index contributed by atoms with van der Waals surface area (Å²) < 4.78 is 2.07. The Labute approximate surface area is 103 Å². The number of anilines is 1. The van der Waals surface area contributed by atoms with Gasteiger partial charge in [-0.1, -0.05) is 13.8 Å². The Morgan fingerprint density at radius 3 is 2.88 bits per heavy atom. The minimum atomic E-state index is 0.503. The largest absolute Gasteiger partial charge is 0.370 e. The Bertz CT molecular complexity index is 342. The van der Waals surface area contributed by atoms with Gasteiger partial charge in [0.2, 0.25) is 0 Å². The lowest BCUT2D eigenvalue weighted by Crippen LogP contribution is -2.44. The van der Waals surface area contributed by atoms with Gasteiger partial charge >= 0.3 is 0 Å². The fourth-order valence-corrected chi connectivity index (χ4v) is 2.02. The minimum absolute atomic E-state index is 0.503. The molecule has 96 valence electrons. The highest BCUT2D eigenvalue weighted by Gasteiger charge is 2.21. The summed E-state index contributed by atoms with van der Waals surface area (Å²) in [6.07, 6.45) is 1.85. The number of hydrogen-bond donors (Lipinski definition) is 3. The number of nitrogens with one attached hydrogen (secondary N) is 2. The van der Waals surface area contributed by atoms with Crippen LogP contribution in [0.15, 0.2) is 12.3 Å². The van der Waals surface area contributed by atoms with Crippen molar-refractivity contribution in [3.63, 3.8) is 0 Å². The van der Waals surface area contributed by atoms with Crippen molar-refractivity contribution in [2.45, 2.75) is 19.9 Å². The van der Waals surface area contributed by atoms with Gasteiger partial charge in [-0.3, -0.25) is 0 Å². The van der Waals surface area contributed by atoms with Crippen LogP contribution in [-0.4, -0.2) is 36.0 Å². The number of aromatic nitrogens is 2. The predicted octanol–water partition coefficient (Wildman–Crippen LogP) is 0.670. The van der Waals surface area contributed by atoms with E-state index >= 15 is 0 Å². The van der Waals surface area contributed by atoms with Crippen molar-refractivity contribution < 1.29 is 0 Å². The molecule has 0 bridgehead atoms. The van der Waals surface area contributed by atoms with Crippen molar-refractivity contribution in [1.29, 1.82) is 0 Å². The van der Waals surface area contributed by atoms with Gasteiger partial charge in [-0.2, -0.15) is 5.10 Å². The zero-order chi connectivity index (χ0) is 12.3. The summed E-state index contributed by atoms with van der Waals surface area (Å²) in [5.41, 5.74) is 5.78. The lowest BCUT2D eigenvalue weighted by atomic mass is 9.96. The number of rotatable bonds is 6. The van der Waals surface area contributed by atoms with E-state index in [0.717, 1.165) is 32.0 Å². The van der Waals surface area contributed by atoms with E-state index in [1.165, 1.54) is 0 Å². The molecule has 2 heterocycles. The topological polar surface area (TPSA) is 67.9 Å². The van der Waals surface area contributed by atoms with E-state index in [-0.39, 0.29) is 0 Å². The van der Waals surface area contributed by atoms with Gasteiger partial charge in [0, 0.05) is 25.7 Å². The lowest BCUT2D eigenvalue weighted by molar-refractivity contribution is 0.320. The standard InChI is InChI=1S/C12H23N5/c1-9(2)10(5-13)6-15-12-3-4-16-17(12)11-7-14-8-11/h3-4,9-11,14-15H,5-8,13H2,1-2H3. The van der Waals surface area contributed by atoms with Crippen molar-refractivity contribution in [3.05, 3.63) is 12.3 Å². The molecule has 2 rings (SSSR count). The summed E-state index contributed by atoms with van der Waals surface area (Å²) in [6, 6.07) is 2.54. The molecule has 0 radical (unpaired) electrons. The molecule has 1 aromatic rings. The van der Waals surface area contributed by atoms with Crippen LogP contribution >= 0.6 is 0 Å². The van der Waals surface area contributed by atoms with Crippen LogP contribution in [0.25, 0.3) is 0 Å². The van der Waals surface area contributed by atoms with E-state index in [9.17, 15) is 0 Å². The van der Waals surface area contributed by atoms with Crippen LogP contribution in [-0.2, 0) is 0 Å². The van der Waals surface area contributed by atoms with Crippen molar-refractivity contribution in [2.75, 3.05) is 31.5 Å². The quantitative estimate of drug-likeness (QED) is 0.680. The molecule has 4 N–H and O–H groups in total. The molecule has 1 aliphatic heterocycles. The van der Waals surface area contributed by atoms with Gasteiger partial charge in [0.25, 0.3) is 0 Å². The van der Waals surface area contributed by atoms with Gasteiger partial charge in [-0.05, 0) is 18.4 Å².